The molecule has 0 unspecified atom stereocenters. The predicted octanol–water partition coefficient (Wildman–Crippen LogP) is 1.35. The van der Waals surface area contributed by atoms with E-state index < -0.39 is 13.0 Å². The summed E-state index contributed by atoms with van der Waals surface area (Å²) in [5.41, 5.74) is 6.14. The fraction of sp³-hybridized carbons (Fsp3) is 0.462. The van der Waals surface area contributed by atoms with Gasteiger partial charge in [0, 0.05) is 16.9 Å². The Balaban J connectivity index is 2.29. The molecule has 0 fully saturated rings. The van der Waals surface area contributed by atoms with Gasteiger partial charge in [-0.1, -0.05) is 11.8 Å². The molecule has 0 aliphatic carbocycles. The number of halogens is 2. The van der Waals surface area contributed by atoms with Gasteiger partial charge in [-0.2, -0.15) is 0 Å². The summed E-state index contributed by atoms with van der Waals surface area (Å²) in [4.78, 5) is 12.4. The average molecular weight is 302 g/mol. The quantitative estimate of drug-likeness (QED) is 0.590. The summed E-state index contributed by atoms with van der Waals surface area (Å²) in [6.07, 6.45) is -2.45. The molecule has 0 spiro atoms. The van der Waals surface area contributed by atoms with Crippen molar-refractivity contribution in [2.75, 3.05) is 19.8 Å². The molecule has 1 heterocycles. The van der Waals surface area contributed by atoms with E-state index in [1.165, 1.54) is 11.3 Å². The zero-order valence-electron chi connectivity index (χ0n) is 10.8. The largest absolute Gasteiger partial charge is 0.375 e. The predicted molar refractivity (Wildman–Crippen MR) is 73.5 cm³/mol. The molecule has 0 radical (unpaired) electrons. The van der Waals surface area contributed by atoms with Crippen LogP contribution in [-0.2, 0) is 16.1 Å². The van der Waals surface area contributed by atoms with Gasteiger partial charge in [0.05, 0.1) is 19.7 Å². The molecule has 20 heavy (non-hydrogen) atoms. The number of carbonyl (C=O) groups is 1. The first kappa shape index (κ1) is 16.6. The number of amides is 1. The third-order valence-electron chi connectivity index (χ3n) is 2.23. The van der Waals surface area contributed by atoms with Crippen LogP contribution in [0.15, 0.2) is 11.4 Å². The summed E-state index contributed by atoms with van der Waals surface area (Å²) in [6, 6.07) is 1.86. The molecule has 0 atom stereocenters. The Morgan fingerprint density at radius 2 is 2.35 bits per heavy atom. The number of hydrogen-bond acceptors (Lipinski definition) is 4. The smallest absolute Gasteiger partial charge is 0.261 e. The number of rotatable bonds is 7. The second-order valence-electron chi connectivity index (χ2n) is 3.76. The second kappa shape index (κ2) is 9.42. The summed E-state index contributed by atoms with van der Waals surface area (Å²) in [5.74, 6) is 5.42. The van der Waals surface area contributed by atoms with Crippen LogP contribution < -0.4 is 11.1 Å². The molecule has 1 aromatic heterocycles. The van der Waals surface area contributed by atoms with Crippen LogP contribution in [0.4, 0.5) is 8.78 Å². The highest BCUT2D eigenvalue weighted by atomic mass is 32.1. The summed E-state index contributed by atoms with van der Waals surface area (Å²) < 4.78 is 28.2. The summed E-state index contributed by atoms with van der Waals surface area (Å²) >= 11 is 1.49. The highest BCUT2D eigenvalue weighted by Crippen LogP contribution is 2.15. The zero-order chi connectivity index (χ0) is 14.8. The number of ether oxygens (including phenoxy) is 1. The van der Waals surface area contributed by atoms with Gasteiger partial charge in [0.25, 0.3) is 6.43 Å². The first-order chi connectivity index (χ1) is 9.63. The highest BCUT2D eigenvalue weighted by molar-refractivity contribution is 7.10. The molecule has 3 N–H and O–H groups in total. The SMILES string of the molecule is NCC#Cc1ccsc1CNC(=O)CCOCC(F)F. The number of hydrogen-bond donors (Lipinski definition) is 2. The average Bonchev–Trinajstić information content (AvgIpc) is 2.86. The van der Waals surface area contributed by atoms with Gasteiger partial charge in [-0.3, -0.25) is 4.79 Å². The molecule has 0 aliphatic rings. The molecule has 0 saturated heterocycles. The van der Waals surface area contributed by atoms with Gasteiger partial charge in [-0.05, 0) is 11.4 Å². The Morgan fingerprint density at radius 1 is 1.55 bits per heavy atom. The van der Waals surface area contributed by atoms with Crippen molar-refractivity contribution in [1.82, 2.24) is 5.32 Å². The maximum atomic E-state index is 11.8. The summed E-state index contributed by atoms with van der Waals surface area (Å²) in [5, 5.41) is 4.58. The third kappa shape index (κ3) is 6.61. The van der Waals surface area contributed by atoms with E-state index in [9.17, 15) is 13.6 Å². The van der Waals surface area contributed by atoms with Gasteiger partial charge in [-0.15, -0.1) is 11.3 Å². The fourth-order valence-electron chi connectivity index (χ4n) is 1.34. The van der Waals surface area contributed by atoms with E-state index in [2.05, 4.69) is 21.9 Å². The van der Waals surface area contributed by atoms with Gasteiger partial charge in [0.15, 0.2) is 0 Å². The molecular formula is C13H16F2N2O2S. The zero-order valence-corrected chi connectivity index (χ0v) is 11.6. The van der Waals surface area contributed by atoms with Crippen LogP contribution in [0.1, 0.15) is 16.9 Å². The topological polar surface area (TPSA) is 64.3 Å². The maximum Gasteiger partial charge on any atom is 0.261 e. The van der Waals surface area contributed by atoms with E-state index in [4.69, 9.17) is 5.73 Å². The molecule has 1 amide bonds. The van der Waals surface area contributed by atoms with Crippen LogP contribution >= 0.6 is 11.3 Å². The minimum Gasteiger partial charge on any atom is -0.375 e. The molecule has 7 heteroatoms. The molecule has 0 aromatic carbocycles. The number of nitrogens with one attached hydrogen (secondary N) is 1. The standard InChI is InChI=1S/C13H16F2N2O2S/c14-12(15)9-19-6-3-13(18)17-8-11-10(2-1-5-16)4-7-20-11/h4,7,12H,3,5-6,8-9,16H2,(H,17,18). The normalized spacial score (nSPS) is 10.2. The van der Waals surface area contributed by atoms with Crippen molar-refractivity contribution in [2.24, 2.45) is 5.73 Å². The Labute approximate surface area is 120 Å². The lowest BCUT2D eigenvalue weighted by Gasteiger charge is -2.05. The number of carbonyl (C=O) groups excluding carboxylic acids is 1. The Hall–Kier alpha value is -1.49. The number of thiophene rings is 1. The minimum atomic E-state index is -2.51. The lowest BCUT2D eigenvalue weighted by Crippen LogP contribution is -2.24. The van der Waals surface area contributed by atoms with Crippen LogP contribution in [0.5, 0.6) is 0 Å². The number of nitrogens with two attached hydrogens (primary N) is 1. The van der Waals surface area contributed by atoms with Crippen LogP contribution in [0, 0.1) is 11.8 Å². The van der Waals surface area contributed by atoms with Gasteiger partial charge in [0.2, 0.25) is 5.91 Å². The van der Waals surface area contributed by atoms with Gasteiger partial charge in [0.1, 0.15) is 6.61 Å². The summed E-state index contributed by atoms with van der Waals surface area (Å²) in [7, 11) is 0. The lowest BCUT2D eigenvalue weighted by atomic mass is 10.2. The van der Waals surface area contributed by atoms with E-state index in [0.717, 1.165) is 10.4 Å². The fourth-order valence-corrected chi connectivity index (χ4v) is 2.11. The van der Waals surface area contributed by atoms with Gasteiger partial charge < -0.3 is 15.8 Å². The van der Waals surface area contributed by atoms with Crippen LogP contribution in [0.25, 0.3) is 0 Å². The molecule has 0 aliphatic heterocycles. The van der Waals surface area contributed by atoms with E-state index in [0.29, 0.717) is 6.54 Å². The van der Waals surface area contributed by atoms with E-state index in [-0.39, 0.29) is 25.5 Å². The summed E-state index contributed by atoms with van der Waals surface area (Å²) in [6.45, 7) is -0.0134. The second-order valence-corrected chi connectivity index (χ2v) is 4.76. The van der Waals surface area contributed by atoms with Crippen molar-refractivity contribution in [1.29, 1.82) is 0 Å². The number of alkyl halides is 2. The monoisotopic (exact) mass is 302 g/mol. The first-order valence-electron chi connectivity index (χ1n) is 6.01. The Kier molecular flexibility index (Phi) is 7.80. The van der Waals surface area contributed by atoms with Crippen molar-refractivity contribution < 1.29 is 18.3 Å². The Bertz CT molecular complexity index is 480. The van der Waals surface area contributed by atoms with Crippen molar-refractivity contribution in [3.63, 3.8) is 0 Å². The van der Waals surface area contributed by atoms with Crippen molar-refractivity contribution in [2.45, 2.75) is 19.4 Å². The molecule has 1 aromatic rings. The van der Waals surface area contributed by atoms with Crippen LogP contribution in [0.3, 0.4) is 0 Å². The van der Waals surface area contributed by atoms with Crippen molar-refractivity contribution >= 4 is 17.2 Å². The molecule has 4 nitrogen and oxygen atoms in total. The molecule has 0 bridgehead atoms. The molecule has 1 rings (SSSR count). The van der Waals surface area contributed by atoms with Crippen molar-refractivity contribution in [3.05, 3.63) is 21.9 Å². The van der Waals surface area contributed by atoms with Gasteiger partial charge >= 0.3 is 0 Å². The van der Waals surface area contributed by atoms with Gasteiger partial charge in [-0.25, -0.2) is 8.78 Å². The van der Waals surface area contributed by atoms with Crippen LogP contribution in [-0.4, -0.2) is 32.1 Å². The van der Waals surface area contributed by atoms with Crippen molar-refractivity contribution in [3.8, 4) is 11.8 Å². The van der Waals surface area contributed by atoms with E-state index in [1.54, 1.807) is 0 Å². The third-order valence-corrected chi connectivity index (χ3v) is 3.15. The first-order valence-corrected chi connectivity index (χ1v) is 6.89. The lowest BCUT2D eigenvalue weighted by molar-refractivity contribution is -0.122. The van der Waals surface area contributed by atoms with E-state index >= 15 is 0 Å². The maximum absolute atomic E-state index is 11.8. The van der Waals surface area contributed by atoms with Crippen LogP contribution in [0.2, 0.25) is 0 Å². The molecule has 110 valence electrons. The van der Waals surface area contributed by atoms with E-state index in [1.807, 2.05) is 11.4 Å². The minimum absolute atomic E-state index is 0.0134. The molecular weight excluding hydrogens is 286 g/mol. The Morgan fingerprint density at radius 3 is 3.05 bits per heavy atom. The molecule has 0 saturated carbocycles. The highest BCUT2D eigenvalue weighted by Gasteiger charge is 2.07.